The van der Waals surface area contributed by atoms with E-state index in [0.717, 1.165) is 11.8 Å². The van der Waals surface area contributed by atoms with Gasteiger partial charge in [-0.3, -0.25) is 9.59 Å². The normalized spacial score (nSPS) is 17.1. The van der Waals surface area contributed by atoms with Crippen LogP contribution in [0.3, 0.4) is 0 Å². The molecule has 0 saturated carbocycles. The molecule has 6 nitrogen and oxygen atoms in total. The Morgan fingerprint density at radius 1 is 1.40 bits per heavy atom. The van der Waals surface area contributed by atoms with E-state index in [1.807, 2.05) is 0 Å². The molecule has 1 atom stereocenters. The number of amides is 1. The number of alkyl halides is 3. The standard InChI is InChI=1S/C15H14ClF3N4O2/c1-7-11-8(2)22(6-10(11)21(3)14(25)12(7)16)13(24)9-4-20-23(5-9)15(17,18)19/h4-5,8H,6H2,1-3H3/t8-/m1/s1. The Kier molecular flexibility index (Phi) is 3.94. The molecule has 3 heterocycles. The number of hydrogen-bond donors (Lipinski definition) is 0. The molecule has 0 bridgehead atoms. The van der Waals surface area contributed by atoms with Crippen molar-refractivity contribution < 1.29 is 18.0 Å². The summed E-state index contributed by atoms with van der Waals surface area (Å²) < 4.78 is 39.1. The molecule has 1 aliphatic heterocycles. The van der Waals surface area contributed by atoms with Gasteiger partial charge in [0.15, 0.2) is 0 Å². The minimum atomic E-state index is -4.69. The van der Waals surface area contributed by atoms with Crippen LogP contribution in [-0.4, -0.2) is 25.2 Å². The summed E-state index contributed by atoms with van der Waals surface area (Å²) in [6, 6.07) is -0.430. The molecular weight excluding hydrogens is 361 g/mol. The zero-order chi connectivity index (χ0) is 18.7. The fraction of sp³-hybridized carbons (Fsp3) is 0.400. The van der Waals surface area contributed by atoms with Crippen molar-refractivity contribution in [3.8, 4) is 0 Å². The molecule has 0 radical (unpaired) electrons. The predicted octanol–water partition coefficient (Wildman–Crippen LogP) is 2.74. The lowest BCUT2D eigenvalue weighted by Gasteiger charge is -2.21. The number of nitrogens with zero attached hydrogens (tertiary/aromatic N) is 4. The van der Waals surface area contributed by atoms with Crippen LogP contribution in [0.4, 0.5) is 13.2 Å². The van der Waals surface area contributed by atoms with Crippen molar-refractivity contribution >= 4 is 17.5 Å². The van der Waals surface area contributed by atoms with Gasteiger partial charge in [0, 0.05) is 24.5 Å². The average molecular weight is 375 g/mol. The highest BCUT2D eigenvalue weighted by Crippen LogP contribution is 2.37. The van der Waals surface area contributed by atoms with Crippen LogP contribution in [0.2, 0.25) is 5.02 Å². The summed E-state index contributed by atoms with van der Waals surface area (Å²) in [5, 5.41) is 3.26. The number of fused-ring (bicyclic) bond motifs is 1. The van der Waals surface area contributed by atoms with Crippen LogP contribution in [0.5, 0.6) is 0 Å². The monoisotopic (exact) mass is 374 g/mol. The average Bonchev–Trinajstić information content (AvgIpc) is 3.15. The van der Waals surface area contributed by atoms with Crippen molar-refractivity contribution in [2.75, 3.05) is 0 Å². The number of halogens is 4. The van der Waals surface area contributed by atoms with Gasteiger partial charge in [-0.05, 0) is 19.4 Å². The van der Waals surface area contributed by atoms with Crippen molar-refractivity contribution in [1.82, 2.24) is 19.2 Å². The third-order valence-corrected chi connectivity index (χ3v) is 4.94. The van der Waals surface area contributed by atoms with Crippen molar-refractivity contribution in [1.29, 1.82) is 0 Å². The van der Waals surface area contributed by atoms with Gasteiger partial charge in [0.25, 0.3) is 11.5 Å². The highest BCUT2D eigenvalue weighted by Gasteiger charge is 2.37. The molecule has 0 spiro atoms. The van der Waals surface area contributed by atoms with Crippen LogP contribution >= 0.6 is 11.6 Å². The molecular formula is C15H14ClF3N4O2. The van der Waals surface area contributed by atoms with E-state index in [1.165, 1.54) is 9.47 Å². The number of hydrogen-bond acceptors (Lipinski definition) is 3. The van der Waals surface area contributed by atoms with Gasteiger partial charge in [-0.25, -0.2) is 0 Å². The Morgan fingerprint density at radius 2 is 2.04 bits per heavy atom. The number of rotatable bonds is 1. The molecule has 0 aromatic carbocycles. The first-order valence-electron chi connectivity index (χ1n) is 7.34. The lowest BCUT2D eigenvalue weighted by Crippen LogP contribution is -2.28. The Bertz CT molecular complexity index is 932. The van der Waals surface area contributed by atoms with E-state index in [9.17, 15) is 22.8 Å². The molecule has 25 heavy (non-hydrogen) atoms. The molecule has 0 N–H and O–H groups in total. The third-order valence-electron chi connectivity index (χ3n) is 4.50. The van der Waals surface area contributed by atoms with Crippen LogP contribution in [0.1, 0.15) is 40.1 Å². The van der Waals surface area contributed by atoms with E-state index in [4.69, 9.17) is 11.6 Å². The minimum Gasteiger partial charge on any atom is -0.326 e. The molecule has 134 valence electrons. The molecule has 3 rings (SSSR count). The van der Waals surface area contributed by atoms with Crippen molar-refractivity contribution in [3.63, 3.8) is 0 Å². The van der Waals surface area contributed by atoms with Gasteiger partial charge in [0.05, 0.1) is 24.3 Å². The first-order chi connectivity index (χ1) is 11.5. The Morgan fingerprint density at radius 3 is 2.60 bits per heavy atom. The van der Waals surface area contributed by atoms with Crippen LogP contribution < -0.4 is 5.56 Å². The highest BCUT2D eigenvalue weighted by molar-refractivity contribution is 6.31. The maximum Gasteiger partial charge on any atom is 0.504 e. The summed E-state index contributed by atoms with van der Waals surface area (Å²) >= 11 is 6.05. The Hall–Kier alpha value is -2.29. The van der Waals surface area contributed by atoms with Gasteiger partial charge in [0.2, 0.25) is 0 Å². The van der Waals surface area contributed by atoms with Crippen LogP contribution in [0.25, 0.3) is 0 Å². The smallest absolute Gasteiger partial charge is 0.326 e. The Labute approximate surface area is 145 Å². The van der Waals surface area contributed by atoms with E-state index in [1.54, 1.807) is 20.9 Å². The summed E-state index contributed by atoms with van der Waals surface area (Å²) in [5.41, 5.74) is 1.39. The molecule has 1 amide bonds. The summed E-state index contributed by atoms with van der Waals surface area (Å²) in [6.45, 7) is 3.54. The van der Waals surface area contributed by atoms with Gasteiger partial charge >= 0.3 is 6.30 Å². The summed E-state index contributed by atoms with van der Waals surface area (Å²) in [6.07, 6.45) is -3.16. The SMILES string of the molecule is Cc1c2c(n(C)c(=O)c1Cl)CN(C(=O)c1cnn(C(F)(F)F)c1)[C@@H]2C. The van der Waals surface area contributed by atoms with Crippen molar-refractivity contribution in [2.45, 2.75) is 32.7 Å². The third kappa shape index (κ3) is 2.62. The number of carbonyl (C=O) groups excluding carboxylic acids is 1. The van der Waals surface area contributed by atoms with Crippen LogP contribution in [0.15, 0.2) is 17.2 Å². The second-order valence-electron chi connectivity index (χ2n) is 5.91. The minimum absolute atomic E-state index is 0.0762. The van der Waals surface area contributed by atoms with Gasteiger partial charge in [0.1, 0.15) is 5.02 Å². The zero-order valence-corrected chi connectivity index (χ0v) is 14.3. The van der Waals surface area contributed by atoms with Gasteiger partial charge in [-0.1, -0.05) is 11.6 Å². The maximum atomic E-state index is 12.7. The van der Waals surface area contributed by atoms with E-state index >= 15 is 0 Å². The fourth-order valence-corrected chi connectivity index (χ4v) is 3.36. The second kappa shape index (κ2) is 5.62. The van der Waals surface area contributed by atoms with E-state index < -0.39 is 18.2 Å². The Balaban J connectivity index is 1.99. The molecule has 2 aromatic heterocycles. The molecule has 0 unspecified atom stereocenters. The van der Waals surface area contributed by atoms with E-state index in [-0.39, 0.29) is 27.4 Å². The summed E-state index contributed by atoms with van der Waals surface area (Å²) in [5.74, 6) is -0.595. The predicted molar refractivity (Wildman–Crippen MR) is 83.2 cm³/mol. The number of carbonyl (C=O) groups is 1. The first kappa shape index (κ1) is 17.5. The topological polar surface area (TPSA) is 60.1 Å². The van der Waals surface area contributed by atoms with Crippen LogP contribution in [0, 0.1) is 6.92 Å². The lowest BCUT2D eigenvalue weighted by atomic mass is 10.0. The van der Waals surface area contributed by atoms with Crippen LogP contribution in [-0.2, 0) is 19.9 Å². The number of pyridine rings is 1. The van der Waals surface area contributed by atoms with Gasteiger partial charge in [-0.2, -0.15) is 9.78 Å². The molecule has 0 saturated heterocycles. The molecule has 10 heteroatoms. The van der Waals surface area contributed by atoms with Gasteiger partial charge in [-0.15, -0.1) is 13.2 Å². The van der Waals surface area contributed by atoms with E-state index in [2.05, 4.69) is 5.10 Å². The fourth-order valence-electron chi connectivity index (χ4n) is 3.13. The zero-order valence-electron chi connectivity index (χ0n) is 13.6. The highest BCUT2D eigenvalue weighted by atomic mass is 35.5. The molecule has 0 fully saturated rings. The lowest BCUT2D eigenvalue weighted by molar-refractivity contribution is -0.212. The maximum absolute atomic E-state index is 12.7. The quantitative estimate of drug-likeness (QED) is 0.771. The largest absolute Gasteiger partial charge is 0.504 e. The first-order valence-corrected chi connectivity index (χ1v) is 7.72. The number of aromatic nitrogens is 3. The molecule has 1 aliphatic rings. The van der Waals surface area contributed by atoms with Crippen molar-refractivity contribution in [2.24, 2.45) is 7.05 Å². The molecule has 0 aliphatic carbocycles. The van der Waals surface area contributed by atoms with Crippen molar-refractivity contribution in [3.05, 3.63) is 50.2 Å². The van der Waals surface area contributed by atoms with E-state index in [0.29, 0.717) is 17.5 Å². The van der Waals surface area contributed by atoms with Gasteiger partial charge < -0.3 is 9.47 Å². The summed E-state index contributed by atoms with van der Waals surface area (Å²) in [4.78, 5) is 26.1. The molecule has 2 aromatic rings. The summed E-state index contributed by atoms with van der Waals surface area (Å²) in [7, 11) is 1.55. The second-order valence-corrected chi connectivity index (χ2v) is 6.29.